The number of fused-ring (bicyclic) bond motifs is 2. The maximum Gasteiger partial charge on any atom is 0.255 e. The van der Waals surface area contributed by atoms with Crippen LogP contribution in [0.3, 0.4) is 0 Å². The van der Waals surface area contributed by atoms with Gasteiger partial charge in [0.15, 0.2) is 0 Å². The van der Waals surface area contributed by atoms with Gasteiger partial charge in [-0.25, -0.2) is 8.42 Å². The van der Waals surface area contributed by atoms with E-state index in [4.69, 9.17) is 0 Å². The second-order valence-corrected chi connectivity index (χ2v) is 8.64. The summed E-state index contributed by atoms with van der Waals surface area (Å²) in [7, 11) is -2.99. The molecule has 0 spiro atoms. The zero-order chi connectivity index (χ0) is 13.6. The van der Waals surface area contributed by atoms with Crippen molar-refractivity contribution < 1.29 is 13.2 Å². The van der Waals surface area contributed by atoms with Gasteiger partial charge in [0.1, 0.15) is 9.84 Å². The third-order valence-corrected chi connectivity index (χ3v) is 6.58. The molecular formula is C13H17NO3S2. The van der Waals surface area contributed by atoms with Gasteiger partial charge in [-0.2, -0.15) is 11.3 Å². The van der Waals surface area contributed by atoms with Gasteiger partial charge < -0.3 is 4.90 Å². The van der Waals surface area contributed by atoms with Crippen LogP contribution in [0.1, 0.15) is 36.0 Å². The number of piperidine rings is 1. The zero-order valence-electron chi connectivity index (χ0n) is 10.8. The van der Waals surface area contributed by atoms with E-state index in [0.29, 0.717) is 12.8 Å². The molecule has 0 aromatic carbocycles. The van der Waals surface area contributed by atoms with Crippen LogP contribution in [0.15, 0.2) is 16.8 Å². The molecule has 2 aliphatic rings. The predicted molar refractivity (Wildman–Crippen MR) is 75.2 cm³/mol. The Balaban J connectivity index is 1.82. The Labute approximate surface area is 117 Å². The number of hydrogen-bond donors (Lipinski definition) is 0. The smallest absolute Gasteiger partial charge is 0.255 e. The van der Waals surface area contributed by atoms with Crippen LogP contribution in [0.4, 0.5) is 0 Å². The minimum Gasteiger partial charge on any atom is -0.333 e. The van der Waals surface area contributed by atoms with E-state index in [-0.39, 0.29) is 23.2 Å². The molecule has 2 bridgehead atoms. The molecule has 0 saturated carbocycles. The van der Waals surface area contributed by atoms with Crippen molar-refractivity contribution in [3.05, 3.63) is 22.4 Å². The van der Waals surface area contributed by atoms with Crippen LogP contribution < -0.4 is 0 Å². The van der Waals surface area contributed by atoms with Crippen molar-refractivity contribution in [1.82, 2.24) is 4.90 Å². The van der Waals surface area contributed by atoms with E-state index in [1.807, 2.05) is 21.7 Å². The van der Waals surface area contributed by atoms with Crippen molar-refractivity contribution in [1.29, 1.82) is 0 Å². The van der Waals surface area contributed by atoms with E-state index in [1.165, 1.54) is 17.6 Å². The highest BCUT2D eigenvalue weighted by Gasteiger charge is 2.45. The highest BCUT2D eigenvalue weighted by Crippen LogP contribution is 2.39. The fraction of sp³-hybridized carbons (Fsp3) is 0.615. The van der Waals surface area contributed by atoms with E-state index >= 15 is 0 Å². The van der Waals surface area contributed by atoms with Crippen LogP contribution in [0, 0.1) is 0 Å². The molecule has 2 aliphatic heterocycles. The van der Waals surface area contributed by atoms with Gasteiger partial charge in [-0.15, -0.1) is 0 Å². The Morgan fingerprint density at radius 1 is 1.32 bits per heavy atom. The standard InChI is InChI=1S/C13H17NO3S2/c1-19(16,17)12-6-10-2-3-11(7-12)14(10)13(15)9-4-5-18-8-9/h4-5,8,10-12H,2-3,6-7H2,1H3. The first-order chi connectivity index (χ1) is 8.97. The number of nitrogens with zero attached hydrogens (tertiary/aromatic N) is 1. The quantitative estimate of drug-likeness (QED) is 0.838. The Morgan fingerprint density at radius 2 is 1.95 bits per heavy atom. The van der Waals surface area contributed by atoms with Gasteiger partial charge in [0, 0.05) is 23.7 Å². The van der Waals surface area contributed by atoms with Crippen LogP contribution >= 0.6 is 11.3 Å². The lowest BCUT2D eigenvalue weighted by Gasteiger charge is -2.38. The van der Waals surface area contributed by atoms with Gasteiger partial charge in [-0.05, 0) is 37.1 Å². The molecule has 104 valence electrons. The van der Waals surface area contributed by atoms with Gasteiger partial charge in [-0.1, -0.05) is 0 Å². The van der Waals surface area contributed by atoms with Crippen molar-refractivity contribution in [2.75, 3.05) is 6.26 Å². The predicted octanol–water partition coefficient (Wildman–Crippen LogP) is 1.93. The number of carbonyl (C=O) groups is 1. The van der Waals surface area contributed by atoms with Gasteiger partial charge in [-0.3, -0.25) is 4.79 Å². The first kappa shape index (κ1) is 13.1. The van der Waals surface area contributed by atoms with E-state index < -0.39 is 9.84 Å². The number of amides is 1. The lowest BCUT2D eigenvalue weighted by atomic mass is 10.0. The number of sulfone groups is 1. The van der Waals surface area contributed by atoms with Crippen LogP contribution in [0.25, 0.3) is 0 Å². The summed E-state index contributed by atoms with van der Waals surface area (Å²) in [4.78, 5) is 14.4. The average molecular weight is 299 g/mol. The third-order valence-electron chi connectivity index (χ3n) is 4.30. The molecule has 4 nitrogen and oxygen atoms in total. The molecule has 19 heavy (non-hydrogen) atoms. The van der Waals surface area contributed by atoms with Gasteiger partial charge in [0.25, 0.3) is 5.91 Å². The summed E-state index contributed by atoms with van der Waals surface area (Å²) in [5.74, 6) is 0.0701. The van der Waals surface area contributed by atoms with Crippen molar-refractivity contribution in [2.45, 2.75) is 43.0 Å². The largest absolute Gasteiger partial charge is 0.333 e. The van der Waals surface area contributed by atoms with Crippen LogP contribution in [0.2, 0.25) is 0 Å². The van der Waals surface area contributed by atoms with E-state index in [1.54, 1.807) is 0 Å². The number of carbonyl (C=O) groups excluding carboxylic acids is 1. The van der Waals surface area contributed by atoms with Crippen LogP contribution in [0.5, 0.6) is 0 Å². The maximum absolute atomic E-state index is 12.5. The lowest BCUT2D eigenvalue weighted by Crippen LogP contribution is -2.49. The summed E-state index contributed by atoms with van der Waals surface area (Å²) in [6.45, 7) is 0. The minimum atomic E-state index is -2.99. The third kappa shape index (κ3) is 2.31. The number of hydrogen-bond acceptors (Lipinski definition) is 4. The molecule has 2 fully saturated rings. The van der Waals surface area contributed by atoms with Crippen molar-refractivity contribution in [3.63, 3.8) is 0 Å². The summed E-state index contributed by atoms with van der Waals surface area (Å²) in [6.07, 6.45) is 4.39. The highest BCUT2D eigenvalue weighted by atomic mass is 32.2. The Kier molecular flexibility index (Phi) is 3.17. The second kappa shape index (κ2) is 4.59. The highest BCUT2D eigenvalue weighted by molar-refractivity contribution is 7.91. The Hall–Kier alpha value is -0.880. The summed E-state index contributed by atoms with van der Waals surface area (Å²) in [5, 5.41) is 3.50. The molecule has 1 amide bonds. The van der Waals surface area contributed by atoms with Gasteiger partial charge >= 0.3 is 0 Å². The fourth-order valence-electron chi connectivity index (χ4n) is 3.34. The molecule has 3 heterocycles. The summed E-state index contributed by atoms with van der Waals surface area (Å²) in [5.41, 5.74) is 0.736. The first-order valence-electron chi connectivity index (χ1n) is 6.50. The second-order valence-electron chi connectivity index (χ2n) is 5.53. The van der Waals surface area contributed by atoms with Crippen molar-refractivity contribution in [3.8, 4) is 0 Å². The SMILES string of the molecule is CS(=O)(=O)C1CC2CCC(C1)N2C(=O)c1ccsc1. The Morgan fingerprint density at radius 3 is 2.42 bits per heavy atom. The van der Waals surface area contributed by atoms with Crippen molar-refractivity contribution >= 4 is 27.1 Å². The molecule has 1 aromatic rings. The van der Waals surface area contributed by atoms with Gasteiger partial charge in [0.2, 0.25) is 0 Å². The zero-order valence-corrected chi connectivity index (χ0v) is 12.4. The molecule has 2 atom stereocenters. The van der Waals surface area contributed by atoms with Crippen molar-refractivity contribution in [2.24, 2.45) is 0 Å². The minimum absolute atomic E-state index is 0.0701. The monoisotopic (exact) mass is 299 g/mol. The Bertz CT molecular complexity index is 565. The molecule has 3 rings (SSSR count). The molecule has 2 unspecified atom stereocenters. The molecule has 6 heteroatoms. The topological polar surface area (TPSA) is 54.5 Å². The summed E-state index contributed by atoms with van der Waals surface area (Å²) >= 11 is 1.52. The van der Waals surface area contributed by atoms with Crippen LogP contribution in [-0.4, -0.2) is 42.8 Å². The molecule has 2 saturated heterocycles. The van der Waals surface area contributed by atoms with E-state index in [2.05, 4.69) is 0 Å². The molecule has 1 aromatic heterocycles. The lowest BCUT2D eigenvalue weighted by molar-refractivity contribution is 0.0599. The fourth-order valence-corrected chi connectivity index (χ4v) is 5.12. The summed E-state index contributed by atoms with van der Waals surface area (Å²) < 4.78 is 23.4. The summed E-state index contributed by atoms with van der Waals surface area (Å²) in [6, 6.07) is 2.05. The number of thiophene rings is 1. The average Bonchev–Trinajstić information content (AvgIpc) is 2.94. The maximum atomic E-state index is 12.5. The normalized spacial score (nSPS) is 30.6. The molecular weight excluding hydrogens is 282 g/mol. The van der Waals surface area contributed by atoms with Gasteiger partial charge in [0.05, 0.1) is 10.8 Å². The van der Waals surface area contributed by atoms with E-state index in [9.17, 15) is 13.2 Å². The first-order valence-corrected chi connectivity index (χ1v) is 9.40. The molecule has 0 radical (unpaired) electrons. The van der Waals surface area contributed by atoms with E-state index in [0.717, 1.165) is 18.4 Å². The molecule has 0 N–H and O–H groups in total. The molecule has 0 aliphatic carbocycles. The van der Waals surface area contributed by atoms with Crippen LogP contribution in [-0.2, 0) is 9.84 Å². The number of rotatable bonds is 2.